The molecule has 0 bridgehead atoms. The average Bonchev–Trinajstić information content (AvgIpc) is 3.19. The molecule has 0 aromatic carbocycles. The molecule has 4 rings (SSSR count). The molecule has 8 nitrogen and oxygen atoms in total. The molecule has 12 heteroatoms. The van der Waals surface area contributed by atoms with Gasteiger partial charge in [0.05, 0.1) is 12.1 Å². The third kappa shape index (κ3) is 5.48. The topological polar surface area (TPSA) is 79.9 Å². The minimum atomic E-state index is 0.331. The Bertz CT molecular complexity index is 616. The van der Waals surface area contributed by atoms with Gasteiger partial charge >= 0.3 is 0 Å². The van der Waals surface area contributed by atoms with Crippen LogP contribution in [0.4, 0.5) is 0 Å². The molecule has 0 amide bonds. The highest BCUT2D eigenvalue weighted by Crippen LogP contribution is 2.24. The molecule has 0 spiro atoms. The Labute approximate surface area is 181 Å². The Balaban J connectivity index is 0.000000151. The normalized spacial score (nSPS) is 19.2. The summed E-state index contributed by atoms with van der Waals surface area (Å²) in [7, 11) is 0. The monoisotopic (exact) mass is 574 g/mol. The van der Waals surface area contributed by atoms with Crippen molar-refractivity contribution in [1.29, 1.82) is 0 Å². The van der Waals surface area contributed by atoms with Crippen molar-refractivity contribution in [1.82, 2.24) is 30.0 Å². The zero-order valence-electron chi connectivity index (χ0n) is 13.8. The first kappa shape index (κ1) is 20.7. The molecule has 2 aromatic rings. The van der Waals surface area contributed by atoms with E-state index in [4.69, 9.17) is 21.1 Å². The van der Waals surface area contributed by atoms with Crippen LogP contribution in [0.2, 0.25) is 5.15 Å². The summed E-state index contributed by atoms with van der Waals surface area (Å²) in [5.41, 5.74) is 0. The van der Waals surface area contributed by atoms with E-state index < -0.39 is 0 Å². The van der Waals surface area contributed by atoms with Crippen molar-refractivity contribution in [2.75, 3.05) is 26.4 Å². The van der Waals surface area contributed by atoms with E-state index in [0.29, 0.717) is 21.8 Å². The minimum Gasteiger partial charge on any atom is -0.381 e. The Hall–Kier alpha value is -0.0700. The summed E-state index contributed by atoms with van der Waals surface area (Å²) >= 11 is 15.6. The molecule has 2 aromatic heterocycles. The van der Waals surface area contributed by atoms with E-state index in [2.05, 4.69) is 68.2 Å². The molecular formula is C14H18Br3ClN6O2. The molecule has 26 heavy (non-hydrogen) atoms. The first-order valence-corrected chi connectivity index (χ1v) is 11.0. The summed E-state index contributed by atoms with van der Waals surface area (Å²) in [6.07, 6.45) is 3.90. The summed E-state index contributed by atoms with van der Waals surface area (Å²) in [6.45, 7) is 3.17. The molecule has 0 radical (unpaired) electrons. The largest absolute Gasteiger partial charge is 0.381 e. The van der Waals surface area contributed by atoms with Crippen LogP contribution in [0.3, 0.4) is 0 Å². The lowest BCUT2D eigenvalue weighted by molar-refractivity contribution is 0.0619. The van der Waals surface area contributed by atoms with Gasteiger partial charge in [0.15, 0.2) is 19.0 Å². The number of rotatable bonds is 2. The lowest BCUT2D eigenvalue weighted by Crippen LogP contribution is -2.21. The van der Waals surface area contributed by atoms with Crippen molar-refractivity contribution in [3.8, 4) is 0 Å². The van der Waals surface area contributed by atoms with Gasteiger partial charge in [-0.15, -0.1) is 20.4 Å². The lowest BCUT2D eigenvalue weighted by Gasteiger charge is -2.20. The van der Waals surface area contributed by atoms with Crippen molar-refractivity contribution >= 4 is 59.4 Å². The van der Waals surface area contributed by atoms with Crippen LogP contribution in [-0.2, 0) is 9.47 Å². The molecule has 2 saturated heterocycles. The quantitative estimate of drug-likeness (QED) is 0.533. The van der Waals surface area contributed by atoms with Crippen LogP contribution < -0.4 is 0 Å². The van der Waals surface area contributed by atoms with Gasteiger partial charge in [0.25, 0.3) is 0 Å². The molecule has 0 aliphatic carbocycles. The number of halogens is 4. The molecular weight excluding hydrogens is 559 g/mol. The van der Waals surface area contributed by atoms with Crippen molar-refractivity contribution < 1.29 is 9.47 Å². The standard InChI is InChI=1S/C7H9Br2N3O.C7H9BrClN3O/c2*8-6-7(9)11-12(10-6)5-1-3-13-4-2-5/h2*5H,1-4H2. The summed E-state index contributed by atoms with van der Waals surface area (Å²) in [6, 6.07) is 0.717. The highest BCUT2D eigenvalue weighted by molar-refractivity contribution is 9.13. The van der Waals surface area contributed by atoms with E-state index >= 15 is 0 Å². The minimum absolute atomic E-state index is 0.331. The fourth-order valence-electron chi connectivity index (χ4n) is 2.73. The second-order valence-corrected chi connectivity index (χ2v) is 8.50. The zero-order valence-corrected chi connectivity index (χ0v) is 19.3. The predicted molar refractivity (Wildman–Crippen MR) is 106 cm³/mol. The maximum absolute atomic E-state index is 5.78. The van der Waals surface area contributed by atoms with E-state index in [9.17, 15) is 0 Å². The van der Waals surface area contributed by atoms with Gasteiger partial charge in [-0.05, 0) is 73.5 Å². The third-order valence-electron chi connectivity index (χ3n) is 4.14. The number of nitrogens with zero attached hydrogens (tertiary/aromatic N) is 6. The van der Waals surface area contributed by atoms with Crippen molar-refractivity contribution in [2.45, 2.75) is 37.8 Å². The molecule has 0 unspecified atom stereocenters. The van der Waals surface area contributed by atoms with Gasteiger partial charge in [0.2, 0.25) is 0 Å². The number of hydrogen-bond acceptors (Lipinski definition) is 6. The Morgan fingerprint density at radius 3 is 1.46 bits per heavy atom. The summed E-state index contributed by atoms with van der Waals surface area (Å²) < 4.78 is 12.6. The molecule has 0 atom stereocenters. The lowest BCUT2D eigenvalue weighted by atomic mass is 10.1. The van der Waals surface area contributed by atoms with Crippen LogP contribution >= 0.6 is 59.4 Å². The van der Waals surface area contributed by atoms with Gasteiger partial charge in [-0.2, -0.15) is 9.59 Å². The average molecular weight is 578 g/mol. The molecule has 0 N–H and O–H groups in total. The maximum Gasteiger partial charge on any atom is 0.185 e. The van der Waals surface area contributed by atoms with Gasteiger partial charge in [-0.3, -0.25) is 0 Å². The fraction of sp³-hybridized carbons (Fsp3) is 0.714. The molecule has 4 heterocycles. The molecule has 2 aliphatic heterocycles. The first-order valence-electron chi connectivity index (χ1n) is 8.25. The Morgan fingerprint density at radius 1 is 0.692 bits per heavy atom. The van der Waals surface area contributed by atoms with Crippen molar-refractivity contribution in [2.24, 2.45) is 0 Å². The number of hydrogen-bond donors (Lipinski definition) is 0. The number of ether oxygens (including phenoxy) is 2. The SMILES string of the molecule is Brc1nn(C2CCOCC2)nc1Br.Clc1nn(C2CCOCC2)nc1Br. The third-order valence-corrected chi connectivity index (χ3v) is 6.75. The van der Waals surface area contributed by atoms with E-state index in [1.807, 2.05) is 0 Å². The van der Waals surface area contributed by atoms with Gasteiger partial charge in [0, 0.05) is 26.4 Å². The van der Waals surface area contributed by atoms with Gasteiger partial charge < -0.3 is 9.47 Å². The summed E-state index contributed by atoms with van der Waals surface area (Å²) in [4.78, 5) is 3.44. The first-order chi connectivity index (χ1) is 12.5. The van der Waals surface area contributed by atoms with Crippen molar-refractivity contribution in [3.63, 3.8) is 0 Å². The van der Waals surface area contributed by atoms with Crippen LogP contribution in [0.5, 0.6) is 0 Å². The van der Waals surface area contributed by atoms with Crippen molar-refractivity contribution in [3.05, 3.63) is 19.0 Å². The van der Waals surface area contributed by atoms with E-state index in [0.717, 1.165) is 61.3 Å². The van der Waals surface area contributed by atoms with Crippen LogP contribution in [0.25, 0.3) is 0 Å². The molecule has 144 valence electrons. The van der Waals surface area contributed by atoms with Crippen LogP contribution in [0.1, 0.15) is 37.8 Å². The van der Waals surface area contributed by atoms with Crippen LogP contribution in [0.15, 0.2) is 13.8 Å². The van der Waals surface area contributed by atoms with E-state index in [1.165, 1.54) is 0 Å². The summed E-state index contributed by atoms with van der Waals surface area (Å²) in [5, 5.41) is 17.2. The molecule has 2 aliphatic rings. The van der Waals surface area contributed by atoms with E-state index in [1.54, 1.807) is 9.59 Å². The highest BCUT2D eigenvalue weighted by Gasteiger charge is 2.19. The Morgan fingerprint density at radius 2 is 1.08 bits per heavy atom. The highest BCUT2D eigenvalue weighted by atomic mass is 79.9. The second-order valence-electron chi connectivity index (χ2n) is 5.89. The van der Waals surface area contributed by atoms with Crippen LogP contribution in [-0.4, -0.2) is 56.4 Å². The smallest absolute Gasteiger partial charge is 0.185 e. The maximum atomic E-state index is 5.78. The molecule has 2 fully saturated rings. The molecule has 0 saturated carbocycles. The van der Waals surface area contributed by atoms with Crippen LogP contribution in [0, 0.1) is 0 Å². The van der Waals surface area contributed by atoms with Gasteiger partial charge in [0.1, 0.15) is 0 Å². The fourth-order valence-corrected chi connectivity index (χ4v) is 3.57. The Kier molecular flexibility index (Phi) is 7.88. The second kappa shape index (κ2) is 9.92. The summed E-state index contributed by atoms with van der Waals surface area (Å²) in [5.74, 6) is 0. The number of aromatic nitrogens is 6. The van der Waals surface area contributed by atoms with E-state index in [-0.39, 0.29) is 0 Å². The predicted octanol–water partition coefficient (Wildman–Crippen LogP) is 4.20. The van der Waals surface area contributed by atoms with Gasteiger partial charge in [-0.25, -0.2) is 0 Å². The van der Waals surface area contributed by atoms with Gasteiger partial charge in [-0.1, -0.05) is 11.6 Å². The zero-order chi connectivity index (χ0) is 18.5.